The molecule has 2 aliphatic heterocycles. The summed E-state index contributed by atoms with van der Waals surface area (Å²) in [6, 6.07) is 10.9. The smallest absolute Gasteiger partial charge is 0.256 e. The Labute approximate surface area is 530 Å². The molecule has 3 heterocycles. The van der Waals surface area contributed by atoms with Crippen LogP contribution in [0.3, 0.4) is 0 Å². The summed E-state index contributed by atoms with van der Waals surface area (Å²) >= 11 is 6.94. The Morgan fingerprint density at radius 1 is 0.716 bits per heavy atom. The molecule has 10 N–H and O–H groups in total. The summed E-state index contributed by atoms with van der Waals surface area (Å²) in [7, 11) is 0. The highest BCUT2D eigenvalue weighted by Crippen LogP contribution is 2.34. The maximum absolute atomic E-state index is 14.2. The molecule has 26 nitrogen and oxygen atoms in total. The SMILES string of the molecule is C#CCN(C(=O)c1ccccc1Br)C(C(=O)NCCCC)C1CCCCC1.CC(=O)NC1C(N=[N+]=[N-])OC(CO)C(O)C1O.CCCCNC(=O)C(C1CCCCC1)N(Cc1cn(C2OC(CO)C(O)C(O)C2NC(C)=O)nn1)C(=O)c1ccccc1Br. The molecule has 2 saturated carbocycles. The lowest BCUT2D eigenvalue weighted by Gasteiger charge is -2.42. The fraction of sp³-hybridized carbons (Fsp3) is 0.633. The van der Waals surface area contributed by atoms with Gasteiger partial charge in [-0.1, -0.05) is 106 Å². The molecule has 12 atom stereocenters. The third-order valence-corrected chi connectivity index (χ3v) is 17.3. The number of benzene rings is 2. The molecular formula is C60H86Br2N12O14. The van der Waals surface area contributed by atoms with Gasteiger partial charge in [-0.3, -0.25) is 28.8 Å². The summed E-state index contributed by atoms with van der Waals surface area (Å²) in [5.74, 6) is 0.955. The molecule has 4 fully saturated rings. The van der Waals surface area contributed by atoms with E-state index in [1.54, 1.807) is 34.1 Å². The quantitative estimate of drug-likeness (QED) is 0.0208. The lowest BCUT2D eigenvalue weighted by molar-refractivity contribution is -0.219. The average molecular weight is 1360 g/mol. The van der Waals surface area contributed by atoms with Crippen LogP contribution in [0, 0.1) is 24.2 Å². The number of nitrogens with zero attached hydrogens (tertiary/aromatic N) is 8. The lowest BCUT2D eigenvalue weighted by Crippen LogP contribution is -2.63. The van der Waals surface area contributed by atoms with Crippen molar-refractivity contribution in [2.45, 2.75) is 197 Å². The molecule has 28 heteroatoms. The van der Waals surface area contributed by atoms with Crippen molar-refractivity contribution in [3.8, 4) is 12.3 Å². The van der Waals surface area contributed by atoms with Crippen molar-refractivity contribution in [2.24, 2.45) is 17.0 Å². The highest BCUT2D eigenvalue weighted by Gasteiger charge is 2.47. The van der Waals surface area contributed by atoms with Crippen LogP contribution < -0.4 is 21.3 Å². The highest BCUT2D eigenvalue weighted by molar-refractivity contribution is 9.10. The summed E-state index contributed by atoms with van der Waals surface area (Å²) < 4.78 is 13.5. The Bertz CT molecular complexity index is 2830. The zero-order valence-corrected chi connectivity index (χ0v) is 53.5. The van der Waals surface area contributed by atoms with Crippen LogP contribution in [0.25, 0.3) is 10.4 Å². The van der Waals surface area contributed by atoms with Gasteiger partial charge >= 0.3 is 0 Å². The zero-order chi connectivity index (χ0) is 64.5. The molecule has 2 saturated heterocycles. The van der Waals surface area contributed by atoms with E-state index < -0.39 is 98.3 Å². The van der Waals surface area contributed by atoms with Crippen LogP contribution in [0.15, 0.2) is 68.8 Å². The lowest BCUT2D eigenvalue weighted by atomic mass is 9.82. The molecule has 0 bridgehead atoms. The maximum atomic E-state index is 14.2. The summed E-state index contributed by atoms with van der Waals surface area (Å²) in [6.45, 7) is 6.72. The van der Waals surface area contributed by atoms with Crippen LogP contribution in [0.2, 0.25) is 0 Å². The van der Waals surface area contributed by atoms with Gasteiger partial charge in [-0.15, -0.1) is 11.5 Å². The van der Waals surface area contributed by atoms with E-state index >= 15 is 0 Å². The van der Waals surface area contributed by atoms with E-state index in [1.165, 1.54) is 31.1 Å². The van der Waals surface area contributed by atoms with Gasteiger partial charge in [0.1, 0.15) is 60.4 Å². The van der Waals surface area contributed by atoms with Gasteiger partial charge in [0.15, 0.2) is 12.5 Å². The number of nitrogens with one attached hydrogen (secondary N) is 4. The minimum atomic E-state index is -1.46. The van der Waals surface area contributed by atoms with Gasteiger partial charge in [0, 0.05) is 40.8 Å². The van der Waals surface area contributed by atoms with Crippen LogP contribution in [-0.2, 0) is 35.2 Å². The monoisotopic (exact) mass is 1360 g/mol. The maximum Gasteiger partial charge on any atom is 0.256 e. The van der Waals surface area contributed by atoms with Crippen LogP contribution in [-0.4, -0.2) is 191 Å². The van der Waals surface area contributed by atoms with Gasteiger partial charge < -0.3 is 71.2 Å². The molecule has 0 radical (unpaired) electrons. The fourth-order valence-corrected chi connectivity index (χ4v) is 12.3. The number of aliphatic hydroxyl groups is 6. The topological polar surface area (TPSA) is 376 Å². The van der Waals surface area contributed by atoms with Crippen molar-refractivity contribution in [2.75, 3.05) is 32.8 Å². The normalized spacial score (nSPS) is 24.4. The Balaban J connectivity index is 0.000000271. The van der Waals surface area contributed by atoms with Gasteiger partial charge in [-0.25, -0.2) is 4.68 Å². The minimum absolute atomic E-state index is 0.0420. The third kappa shape index (κ3) is 20.2. The zero-order valence-electron chi connectivity index (χ0n) is 50.3. The number of halogens is 2. The Morgan fingerprint density at radius 3 is 1.62 bits per heavy atom. The molecule has 12 unspecified atom stereocenters. The van der Waals surface area contributed by atoms with Gasteiger partial charge in [0.25, 0.3) is 11.8 Å². The van der Waals surface area contributed by atoms with Gasteiger partial charge in [-0.05, 0) is 112 Å². The number of unbranched alkanes of at least 4 members (excludes halogenated alkanes) is 2. The van der Waals surface area contributed by atoms with Gasteiger partial charge in [0.2, 0.25) is 23.6 Å². The van der Waals surface area contributed by atoms with E-state index in [4.69, 9.17) is 26.5 Å². The molecular weight excluding hydrogens is 1270 g/mol. The minimum Gasteiger partial charge on any atom is -0.394 e. The first kappa shape index (κ1) is 72.7. The van der Waals surface area contributed by atoms with Crippen LogP contribution in [0.4, 0.5) is 0 Å². The van der Waals surface area contributed by atoms with Crippen molar-refractivity contribution in [3.05, 3.63) is 90.9 Å². The molecule has 7 rings (SSSR count). The van der Waals surface area contributed by atoms with Crippen LogP contribution in [0.1, 0.15) is 150 Å². The van der Waals surface area contributed by atoms with E-state index in [-0.39, 0.29) is 48.6 Å². The number of ether oxygens (including phenoxy) is 2. The van der Waals surface area contributed by atoms with Crippen molar-refractivity contribution in [1.29, 1.82) is 0 Å². The van der Waals surface area contributed by atoms with Crippen LogP contribution >= 0.6 is 31.9 Å². The number of carbonyl (C=O) groups is 6. The number of carbonyl (C=O) groups excluding carboxylic acids is 6. The van der Waals surface area contributed by atoms with E-state index in [0.717, 1.165) is 83.5 Å². The molecule has 3 aromatic rings. The third-order valence-electron chi connectivity index (χ3n) is 15.9. The molecule has 88 heavy (non-hydrogen) atoms. The Morgan fingerprint density at radius 2 is 1.17 bits per heavy atom. The summed E-state index contributed by atoms with van der Waals surface area (Å²) in [6.07, 6.45) is 10.6. The molecule has 1 aromatic heterocycles. The van der Waals surface area contributed by atoms with E-state index in [9.17, 15) is 54.3 Å². The first-order valence-electron chi connectivity index (χ1n) is 30.1. The first-order valence-corrected chi connectivity index (χ1v) is 31.7. The second-order valence-electron chi connectivity index (χ2n) is 22.3. The van der Waals surface area contributed by atoms with Crippen molar-refractivity contribution >= 4 is 67.3 Å². The molecule has 6 amide bonds. The summed E-state index contributed by atoms with van der Waals surface area (Å²) in [5.41, 5.74) is 9.63. The second kappa shape index (κ2) is 37.2. The summed E-state index contributed by atoms with van der Waals surface area (Å²) in [4.78, 5) is 82.9. The second-order valence-corrected chi connectivity index (χ2v) is 24.0. The van der Waals surface area contributed by atoms with Gasteiger partial charge in [0.05, 0.1) is 49.7 Å². The largest absolute Gasteiger partial charge is 0.394 e. The van der Waals surface area contributed by atoms with E-state index in [0.29, 0.717) is 38.9 Å². The standard InChI is InChI=1S/C30H43BrN6O7.C22H29BrN2O2.C8H14N4O5/c1-3-4-14-32-28(42)25(19-10-6-5-7-11-19)36(29(43)21-12-8-9-13-22(21)31)15-20-16-37(35-34-20)30-24(33-18(2)39)27(41)26(40)23(17-38)44-30;1-3-5-15-24-21(26)20(17-11-7-6-8-12-17)25(16-4-2)22(27)18-13-9-10-14-19(18)23;1-3(14)10-5-7(16)6(15)4(2-13)17-8(5)11-12-9/h8-9,12-13,16,19,23-27,30,38,40-41H,3-7,10-11,14-15,17H2,1-2H3,(H,32,42)(H,33,39);2,9-10,13-14,17,20H,3,5-8,11-12,15-16H2,1H3,(H,24,26);4-8,13,15-16H,2H2,1H3,(H,10,14). The first-order chi connectivity index (χ1) is 42.3. The van der Waals surface area contributed by atoms with Gasteiger partial charge in [-0.2, -0.15) is 0 Å². The number of rotatable bonds is 23. The number of aliphatic hydroxyl groups excluding tert-OH is 6. The van der Waals surface area contributed by atoms with E-state index in [2.05, 4.69) is 86.3 Å². The molecule has 4 aliphatic rings. The predicted molar refractivity (Wildman–Crippen MR) is 330 cm³/mol. The molecule has 484 valence electrons. The summed E-state index contributed by atoms with van der Waals surface area (Å²) in [5, 5.41) is 81.8. The highest BCUT2D eigenvalue weighted by atomic mass is 79.9. The average Bonchev–Trinajstić information content (AvgIpc) is 2.48. The van der Waals surface area contributed by atoms with Crippen molar-refractivity contribution in [1.82, 2.24) is 46.1 Å². The number of amides is 6. The molecule has 2 aromatic carbocycles. The van der Waals surface area contributed by atoms with E-state index in [1.807, 2.05) is 31.2 Å². The predicted octanol–water partition coefficient (Wildman–Crippen LogP) is 4.29. The number of hydrogen-bond donors (Lipinski definition) is 10. The fourth-order valence-electron chi connectivity index (χ4n) is 11.4. The van der Waals surface area contributed by atoms with Crippen molar-refractivity contribution < 1.29 is 68.9 Å². The van der Waals surface area contributed by atoms with Crippen molar-refractivity contribution in [3.63, 3.8) is 0 Å². The molecule has 0 spiro atoms. The number of hydrogen-bond acceptors (Lipinski definition) is 17. The Hall–Kier alpha value is -6.09. The Kier molecular flexibility index (Phi) is 30.7. The number of terminal acetylenes is 1. The number of aromatic nitrogens is 3. The number of azide groups is 1. The molecule has 2 aliphatic carbocycles. The van der Waals surface area contributed by atoms with Crippen LogP contribution in [0.5, 0.6) is 0 Å².